The Kier molecular flexibility index (Phi) is 11.4. The molecule has 2 N–H and O–H groups in total. The second-order valence-electron chi connectivity index (χ2n) is 3.97. The van der Waals surface area contributed by atoms with Crippen molar-refractivity contribution in [3.05, 3.63) is 30.1 Å². The number of halogens is 2. The van der Waals surface area contributed by atoms with Crippen molar-refractivity contribution in [3.8, 4) is 18.1 Å². The van der Waals surface area contributed by atoms with Crippen LogP contribution in [0.15, 0.2) is 29.3 Å². The zero-order valence-corrected chi connectivity index (χ0v) is 14.4. The van der Waals surface area contributed by atoms with Gasteiger partial charge in [-0.1, -0.05) is 5.92 Å². The highest BCUT2D eigenvalue weighted by Gasteiger charge is 1.96. The molecule has 1 rings (SSSR count). The first-order chi connectivity index (χ1) is 9.76. The van der Waals surface area contributed by atoms with Crippen LogP contribution in [0.1, 0.15) is 13.3 Å². The van der Waals surface area contributed by atoms with Gasteiger partial charge in [0.25, 0.3) is 0 Å². The Hall–Kier alpha value is -1.49. The van der Waals surface area contributed by atoms with Crippen LogP contribution in [0.4, 0.5) is 4.39 Å². The second-order valence-corrected chi connectivity index (χ2v) is 3.97. The quantitative estimate of drug-likeness (QED) is 0.241. The van der Waals surface area contributed by atoms with Gasteiger partial charge < -0.3 is 15.4 Å². The van der Waals surface area contributed by atoms with Crippen molar-refractivity contribution in [2.45, 2.75) is 13.3 Å². The molecule has 6 heteroatoms. The first-order valence-electron chi connectivity index (χ1n) is 6.60. The summed E-state index contributed by atoms with van der Waals surface area (Å²) < 4.78 is 18.2. The van der Waals surface area contributed by atoms with Crippen molar-refractivity contribution in [1.29, 1.82) is 0 Å². The zero-order chi connectivity index (χ0) is 14.6. The Morgan fingerprint density at radius 1 is 1.33 bits per heavy atom. The average Bonchev–Trinajstić information content (AvgIpc) is 2.46. The summed E-state index contributed by atoms with van der Waals surface area (Å²) in [6, 6.07) is 5.97. The number of rotatable bonds is 7. The van der Waals surface area contributed by atoms with Crippen molar-refractivity contribution in [2.24, 2.45) is 4.99 Å². The van der Waals surface area contributed by atoms with Gasteiger partial charge in [0, 0.05) is 19.5 Å². The number of terminal acetylenes is 1. The fourth-order valence-corrected chi connectivity index (χ4v) is 1.45. The normalized spacial score (nSPS) is 10.2. The minimum Gasteiger partial charge on any atom is -0.494 e. The van der Waals surface area contributed by atoms with E-state index < -0.39 is 0 Å². The van der Waals surface area contributed by atoms with Crippen LogP contribution < -0.4 is 15.4 Å². The highest BCUT2D eigenvalue weighted by atomic mass is 127. The van der Waals surface area contributed by atoms with Gasteiger partial charge in [-0.3, -0.25) is 4.99 Å². The van der Waals surface area contributed by atoms with Gasteiger partial charge in [-0.05, 0) is 31.2 Å². The SMILES string of the molecule is C#CCNC(=NCCCOc1ccc(F)cc1)NCC.I. The topological polar surface area (TPSA) is 45.7 Å². The van der Waals surface area contributed by atoms with E-state index in [1.165, 1.54) is 12.1 Å². The van der Waals surface area contributed by atoms with Gasteiger partial charge in [0.05, 0.1) is 13.2 Å². The van der Waals surface area contributed by atoms with E-state index in [0.29, 0.717) is 31.4 Å². The molecule has 0 aromatic heterocycles. The van der Waals surface area contributed by atoms with E-state index in [-0.39, 0.29) is 29.8 Å². The smallest absolute Gasteiger partial charge is 0.192 e. The monoisotopic (exact) mass is 405 g/mol. The standard InChI is InChI=1S/C15H20FN3O.HI/c1-3-10-18-15(17-4-2)19-11-5-12-20-14-8-6-13(16)7-9-14;/h1,6-9H,4-5,10-12H2,2H3,(H2,17,18,19);1H. The van der Waals surface area contributed by atoms with E-state index in [2.05, 4.69) is 21.5 Å². The summed E-state index contributed by atoms with van der Waals surface area (Å²) in [5.41, 5.74) is 0. The lowest BCUT2D eigenvalue weighted by Gasteiger charge is -2.09. The molecule has 0 aliphatic heterocycles. The molecular formula is C15H21FIN3O. The van der Waals surface area contributed by atoms with E-state index in [9.17, 15) is 4.39 Å². The molecule has 4 nitrogen and oxygen atoms in total. The molecule has 0 fully saturated rings. The van der Waals surface area contributed by atoms with Gasteiger partial charge in [0.15, 0.2) is 5.96 Å². The van der Waals surface area contributed by atoms with Crippen LogP contribution >= 0.6 is 24.0 Å². The number of guanidine groups is 1. The van der Waals surface area contributed by atoms with E-state index in [4.69, 9.17) is 11.2 Å². The summed E-state index contributed by atoms with van der Waals surface area (Å²) in [5.74, 6) is 3.59. The summed E-state index contributed by atoms with van der Waals surface area (Å²) in [6.45, 7) is 4.37. The molecule has 0 amide bonds. The number of aliphatic imine (C=N–C) groups is 1. The van der Waals surface area contributed by atoms with Gasteiger partial charge in [0.2, 0.25) is 0 Å². The molecule has 0 bridgehead atoms. The van der Waals surface area contributed by atoms with Crippen LogP contribution in [-0.4, -0.2) is 32.2 Å². The average molecular weight is 405 g/mol. The lowest BCUT2D eigenvalue weighted by molar-refractivity contribution is 0.313. The Morgan fingerprint density at radius 3 is 2.67 bits per heavy atom. The van der Waals surface area contributed by atoms with E-state index in [0.717, 1.165) is 13.0 Å². The van der Waals surface area contributed by atoms with Gasteiger partial charge in [-0.25, -0.2) is 4.39 Å². The first kappa shape index (κ1) is 19.5. The summed E-state index contributed by atoms with van der Waals surface area (Å²) in [4.78, 5) is 4.36. The number of hydrogen-bond acceptors (Lipinski definition) is 2. The van der Waals surface area contributed by atoms with E-state index in [1.54, 1.807) is 12.1 Å². The summed E-state index contributed by atoms with van der Waals surface area (Å²) in [7, 11) is 0. The molecule has 0 saturated heterocycles. The molecule has 0 radical (unpaired) electrons. The van der Waals surface area contributed by atoms with E-state index in [1.807, 2.05) is 6.92 Å². The summed E-state index contributed by atoms with van der Waals surface area (Å²) >= 11 is 0. The molecule has 21 heavy (non-hydrogen) atoms. The Morgan fingerprint density at radius 2 is 2.05 bits per heavy atom. The van der Waals surface area contributed by atoms with Crippen LogP contribution in [0.5, 0.6) is 5.75 Å². The predicted molar refractivity (Wildman–Crippen MR) is 94.7 cm³/mol. The minimum absolute atomic E-state index is 0. The predicted octanol–water partition coefficient (Wildman–Crippen LogP) is 2.40. The highest BCUT2D eigenvalue weighted by Crippen LogP contribution is 2.10. The van der Waals surface area contributed by atoms with Gasteiger partial charge in [-0.15, -0.1) is 30.4 Å². The van der Waals surface area contributed by atoms with Gasteiger partial charge in [0.1, 0.15) is 11.6 Å². The molecule has 0 atom stereocenters. The third-order valence-electron chi connectivity index (χ3n) is 2.36. The van der Waals surface area contributed by atoms with Gasteiger partial charge in [-0.2, -0.15) is 0 Å². The molecule has 1 aromatic carbocycles. The Bertz CT molecular complexity index is 457. The van der Waals surface area contributed by atoms with Crippen LogP contribution in [0, 0.1) is 18.2 Å². The number of hydrogen-bond donors (Lipinski definition) is 2. The second kappa shape index (κ2) is 12.3. The van der Waals surface area contributed by atoms with Crippen molar-refractivity contribution in [2.75, 3.05) is 26.2 Å². The highest BCUT2D eigenvalue weighted by molar-refractivity contribution is 14.0. The fourth-order valence-electron chi connectivity index (χ4n) is 1.45. The molecule has 0 aliphatic carbocycles. The van der Waals surface area contributed by atoms with Crippen LogP contribution in [-0.2, 0) is 0 Å². The maximum Gasteiger partial charge on any atom is 0.192 e. The molecular weight excluding hydrogens is 384 g/mol. The summed E-state index contributed by atoms with van der Waals surface area (Å²) in [5, 5.41) is 6.10. The third kappa shape index (κ3) is 9.13. The molecule has 0 heterocycles. The first-order valence-corrected chi connectivity index (χ1v) is 6.60. The molecule has 1 aromatic rings. The minimum atomic E-state index is -0.267. The largest absolute Gasteiger partial charge is 0.494 e. The van der Waals surface area contributed by atoms with Crippen LogP contribution in [0.3, 0.4) is 0 Å². The molecule has 0 unspecified atom stereocenters. The maximum atomic E-state index is 12.7. The number of benzene rings is 1. The van der Waals surface area contributed by atoms with Crippen molar-refractivity contribution < 1.29 is 9.13 Å². The number of nitrogens with zero attached hydrogens (tertiary/aromatic N) is 1. The lowest BCUT2D eigenvalue weighted by Crippen LogP contribution is -2.37. The summed E-state index contributed by atoms with van der Waals surface area (Å²) in [6.07, 6.45) is 5.95. The molecule has 0 saturated carbocycles. The molecule has 116 valence electrons. The molecule has 0 spiro atoms. The maximum absolute atomic E-state index is 12.7. The van der Waals surface area contributed by atoms with Crippen molar-refractivity contribution in [1.82, 2.24) is 10.6 Å². The Labute approximate surface area is 142 Å². The molecule has 0 aliphatic rings. The van der Waals surface area contributed by atoms with Crippen molar-refractivity contribution >= 4 is 29.9 Å². The Balaban J connectivity index is 0.00000400. The number of ether oxygens (including phenoxy) is 1. The number of nitrogens with one attached hydrogen (secondary N) is 2. The lowest BCUT2D eigenvalue weighted by atomic mass is 10.3. The fraction of sp³-hybridized carbons (Fsp3) is 0.400. The van der Waals surface area contributed by atoms with Crippen molar-refractivity contribution in [3.63, 3.8) is 0 Å². The third-order valence-corrected chi connectivity index (χ3v) is 2.36. The van der Waals surface area contributed by atoms with Gasteiger partial charge >= 0.3 is 0 Å². The van der Waals surface area contributed by atoms with Crippen LogP contribution in [0.2, 0.25) is 0 Å². The van der Waals surface area contributed by atoms with Crippen LogP contribution in [0.25, 0.3) is 0 Å². The van der Waals surface area contributed by atoms with E-state index >= 15 is 0 Å². The zero-order valence-electron chi connectivity index (χ0n) is 12.1.